The molecule has 0 unspecified atom stereocenters. The first kappa shape index (κ1) is 17.7. The molecule has 0 spiro atoms. The maximum absolute atomic E-state index is 11.1. The Morgan fingerprint density at radius 3 is 2.77 bits per heavy atom. The van der Waals surface area contributed by atoms with Gasteiger partial charge in [-0.3, -0.25) is 10.1 Å². The lowest BCUT2D eigenvalue weighted by Crippen LogP contribution is -2.23. The van der Waals surface area contributed by atoms with Gasteiger partial charge in [0.1, 0.15) is 11.8 Å². The molecule has 0 amide bonds. The fraction of sp³-hybridized carbons (Fsp3) is 0.176. The molecule has 3 rings (SSSR count). The van der Waals surface area contributed by atoms with Crippen molar-refractivity contribution >= 4 is 23.0 Å². The van der Waals surface area contributed by atoms with Crippen molar-refractivity contribution in [3.8, 4) is 17.1 Å². The van der Waals surface area contributed by atoms with Crippen molar-refractivity contribution in [2.24, 2.45) is 0 Å². The molecule has 26 heavy (non-hydrogen) atoms. The molecule has 0 bridgehead atoms. The van der Waals surface area contributed by atoms with E-state index in [0.29, 0.717) is 22.9 Å². The van der Waals surface area contributed by atoms with E-state index < -0.39 is 4.92 Å². The molecule has 1 heterocycles. The minimum absolute atomic E-state index is 0.0993. The zero-order valence-corrected chi connectivity index (χ0v) is 14.5. The number of nitro groups is 1. The van der Waals surface area contributed by atoms with Crippen LogP contribution in [0.5, 0.6) is 5.88 Å². The van der Waals surface area contributed by atoms with Crippen LogP contribution in [-0.2, 0) is 0 Å². The number of hydrogen-bond donors (Lipinski definition) is 1. The molecule has 134 valence electrons. The van der Waals surface area contributed by atoms with Crippen molar-refractivity contribution in [1.29, 1.82) is 0 Å². The molecule has 0 fully saturated rings. The Morgan fingerprint density at radius 1 is 1.27 bits per heavy atom. The standard InChI is InChI=1S/C17H15ClN4O4/c1-11(10-19-14-8-7-13(18)9-15(14)22(23)24)25-17-16(20-26-21-17)12-5-3-2-4-6-12/h2-9,11,19H,10H2,1H3/t11-/m1/s1. The largest absolute Gasteiger partial charge is 0.469 e. The fourth-order valence-electron chi connectivity index (χ4n) is 2.32. The molecule has 1 aromatic heterocycles. The highest BCUT2D eigenvalue weighted by atomic mass is 35.5. The third-order valence-corrected chi connectivity index (χ3v) is 3.79. The molecule has 0 aliphatic carbocycles. The second-order valence-electron chi connectivity index (χ2n) is 5.51. The average molecular weight is 375 g/mol. The van der Waals surface area contributed by atoms with Gasteiger partial charge in [0, 0.05) is 16.7 Å². The predicted octanol–water partition coefficient (Wildman–Crippen LogP) is 4.18. The van der Waals surface area contributed by atoms with Gasteiger partial charge in [0.15, 0.2) is 5.69 Å². The number of nitrogens with zero attached hydrogens (tertiary/aromatic N) is 3. The summed E-state index contributed by atoms with van der Waals surface area (Å²) in [4.78, 5) is 10.6. The van der Waals surface area contributed by atoms with E-state index in [9.17, 15) is 10.1 Å². The molecule has 2 aromatic carbocycles. The Labute approximate surface area is 153 Å². The molecule has 0 saturated heterocycles. The number of aromatic nitrogens is 2. The number of rotatable bonds is 7. The highest BCUT2D eigenvalue weighted by Gasteiger charge is 2.18. The number of hydrogen-bond acceptors (Lipinski definition) is 7. The maximum Gasteiger partial charge on any atom is 0.293 e. The van der Waals surface area contributed by atoms with Gasteiger partial charge in [0.2, 0.25) is 0 Å². The van der Waals surface area contributed by atoms with Gasteiger partial charge in [-0.15, -0.1) is 0 Å². The zero-order chi connectivity index (χ0) is 18.5. The molecule has 1 N–H and O–H groups in total. The van der Waals surface area contributed by atoms with Gasteiger partial charge in [-0.2, -0.15) is 0 Å². The van der Waals surface area contributed by atoms with Crippen LogP contribution >= 0.6 is 11.6 Å². The first-order valence-electron chi connectivity index (χ1n) is 7.77. The van der Waals surface area contributed by atoms with Gasteiger partial charge < -0.3 is 10.1 Å². The molecule has 3 aromatic rings. The second kappa shape index (κ2) is 7.83. The Morgan fingerprint density at radius 2 is 2.04 bits per heavy atom. The summed E-state index contributed by atoms with van der Waals surface area (Å²) in [5, 5.41) is 22.1. The monoisotopic (exact) mass is 374 g/mol. The summed E-state index contributed by atoms with van der Waals surface area (Å²) in [5.74, 6) is 0.260. The topological polar surface area (TPSA) is 103 Å². The Balaban J connectivity index is 1.67. The van der Waals surface area contributed by atoms with E-state index >= 15 is 0 Å². The third-order valence-electron chi connectivity index (χ3n) is 3.55. The first-order chi connectivity index (χ1) is 12.5. The normalized spacial score (nSPS) is 11.8. The molecule has 0 saturated carbocycles. The van der Waals surface area contributed by atoms with Crippen LogP contribution in [0.2, 0.25) is 5.02 Å². The highest BCUT2D eigenvalue weighted by Crippen LogP contribution is 2.29. The van der Waals surface area contributed by atoms with E-state index in [4.69, 9.17) is 21.0 Å². The summed E-state index contributed by atoms with van der Waals surface area (Å²) in [6, 6.07) is 13.8. The van der Waals surface area contributed by atoms with Crippen LogP contribution in [0.4, 0.5) is 11.4 Å². The summed E-state index contributed by atoms with van der Waals surface area (Å²) < 4.78 is 10.5. The average Bonchev–Trinajstić information content (AvgIpc) is 3.09. The van der Waals surface area contributed by atoms with Crippen LogP contribution < -0.4 is 10.1 Å². The highest BCUT2D eigenvalue weighted by molar-refractivity contribution is 6.30. The van der Waals surface area contributed by atoms with E-state index in [1.54, 1.807) is 19.1 Å². The van der Waals surface area contributed by atoms with Crippen molar-refractivity contribution in [2.45, 2.75) is 13.0 Å². The van der Waals surface area contributed by atoms with Gasteiger partial charge in [0.25, 0.3) is 11.6 Å². The zero-order valence-electron chi connectivity index (χ0n) is 13.8. The quantitative estimate of drug-likeness (QED) is 0.488. The molecular weight excluding hydrogens is 360 g/mol. The lowest BCUT2D eigenvalue weighted by molar-refractivity contribution is -0.383. The number of nitrogens with one attached hydrogen (secondary N) is 1. The van der Waals surface area contributed by atoms with E-state index in [0.717, 1.165) is 5.56 Å². The van der Waals surface area contributed by atoms with Gasteiger partial charge in [-0.25, -0.2) is 4.63 Å². The lowest BCUT2D eigenvalue weighted by atomic mass is 10.2. The van der Waals surface area contributed by atoms with Crippen molar-refractivity contribution < 1.29 is 14.3 Å². The van der Waals surface area contributed by atoms with Crippen molar-refractivity contribution in [1.82, 2.24) is 10.3 Å². The van der Waals surface area contributed by atoms with Gasteiger partial charge >= 0.3 is 0 Å². The minimum Gasteiger partial charge on any atom is -0.469 e. The molecule has 9 heteroatoms. The molecule has 8 nitrogen and oxygen atoms in total. The van der Waals surface area contributed by atoms with Gasteiger partial charge in [-0.05, 0) is 29.4 Å². The Bertz CT molecular complexity index is 901. The minimum atomic E-state index is -0.491. The number of ether oxygens (including phenoxy) is 1. The summed E-state index contributed by atoms with van der Waals surface area (Å²) in [6.45, 7) is 2.11. The lowest BCUT2D eigenvalue weighted by Gasteiger charge is -2.14. The number of anilines is 1. The van der Waals surface area contributed by atoms with Crippen LogP contribution in [0.1, 0.15) is 6.92 Å². The second-order valence-corrected chi connectivity index (χ2v) is 5.95. The fourth-order valence-corrected chi connectivity index (χ4v) is 2.49. The number of halogens is 1. The van der Waals surface area contributed by atoms with Crippen LogP contribution in [-0.4, -0.2) is 27.9 Å². The summed E-state index contributed by atoms with van der Waals surface area (Å²) in [6.07, 6.45) is -0.348. The molecule has 0 radical (unpaired) electrons. The van der Waals surface area contributed by atoms with E-state index in [1.165, 1.54) is 6.07 Å². The van der Waals surface area contributed by atoms with Crippen LogP contribution in [0.3, 0.4) is 0 Å². The smallest absolute Gasteiger partial charge is 0.293 e. The molecule has 0 aliphatic heterocycles. The number of benzene rings is 2. The summed E-state index contributed by atoms with van der Waals surface area (Å²) in [5.41, 5.74) is 1.57. The number of nitro benzene ring substituents is 1. The maximum atomic E-state index is 11.1. The van der Waals surface area contributed by atoms with Crippen LogP contribution in [0.15, 0.2) is 53.2 Å². The van der Waals surface area contributed by atoms with Crippen molar-refractivity contribution in [2.75, 3.05) is 11.9 Å². The van der Waals surface area contributed by atoms with E-state index in [2.05, 4.69) is 15.6 Å². The predicted molar refractivity (Wildman–Crippen MR) is 96.4 cm³/mol. The Hall–Kier alpha value is -3.13. The van der Waals surface area contributed by atoms with Crippen LogP contribution in [0.25, 0.3) is 11.3 Å². The van der Waals surface area contributed by atoms with Crippen LogP contribution in [0, 0.1) is 10.1 Å². The summed E-state index contributed by atoms with van der Waals surface area (Å²) in [7, 11) is 0. The Kier molecular flexibility index (Phi) is 5.33. The van der Waals surface area contributed by atoms with E-state index in [1.807, 2.05) is 30.3 Å². The first-order valence-corrected chi connectivity index (χ1v) is 8.15. The SMILES string of the molecule is C[C@H](CNc1ccc(Cl)cc1[N+](=O)[O-])Oc1nonc1-c1ccccc1. The van der Waals surface area contributed by atoms with Crippen molar-refractivity contribution in [3.05, 3.63) is 63.7 Å². The third kappa shape index (κ3) is 4.09. The van der Waals surface area contributed by atoms with Gasteiger partial charge in [-0.1, -0.05) is 41.9 Å². The molecule has 1 atom stereocenters. The molecular formula is C17H15ClN4O4. The summed E-state index contributed by atoms with van der Waals surface area (Å²) >= 11 is 5.81. The van der Waals surface area contributed by atoms with Crippen molar-refractivity contribution in [3.63, 3.8) is 0 Å². The van der Waals surface area contributed by atoms with Gasteiger partial charge in [0.05, 0.1) is 11.5 Å². The molecule has 0 aliphatic rings. The van der Waals surface area contributed by atoms with E-state index in [-0.39, 0.29) is 17.7 Å².